The lowest BCUT2D eigenvalue weighted by atomic mass is 10.1. The van der Waals surface area contributed by atoms with Crippen molar-refractivity contribution in [3.05, 3.63) is 94.0 Å². The second-order valence-corrected chi connectivity index (χ2v) is 12.3. The molecule has 3 aromatic carbocycles. The molecule has 0 aliphatic rings. The van der Waals surface area contributed by atoms with Gasteiger partial charge in [-0.1, -0.05) is 71.2 Å². The first-order valence-electron chi connectivity index (χ1n) is 12.6. The van der Waals surface area contributed by atoms with Crippen molar-refractivity contribution in [1.82, 2.24) is 10.2 Å². The van der Waals surface area contributed by atoms with Gasteiger partial charge in [-0.25, -0.2) is 8.42 Å². The average molecular weight is 591 g/mol. The fraction of sp³-hybridized carbons (Fsp3) is 0.310. The van der Waals surface area contributed by atoms with Crippen LogP contribution in [0.3, 0.4) is 0 Å². The number of nitrogens with zero attached hydrogens (tertiary/aromatic N) is 2. The Kier molecular flexibility index (Phi) is 10.4. The van der Waals surface area contributed by atoms with Gasteiger partial charge in [-0.05, 0) is 70.0 Å². The number of anilines is 1. The van der Waals surface area contributed by atoms with Gasteiger partial charge in [-0.3, -0.25) is 13.9 Å². The number of amides is 2. The van der Waals surface area contributed by atoms with Gasteiger partial charge in [-0.2, -0.15) is 0 Å². The molecular formula is C29H33Cl2N3O4S. The highest BCUT2D eigenvalue weighted by atomic mass is 35.5. The number of nitrogens with one attached hydrogen (secondary N) is 1. The Morgan fingerprint density at radius 1 is 0.897 bits per heavy atom. The van der Waals surface area contributed by atoms with Crippen molar-refractivity contribution in [2.75, 3.05) is 17.4 Å². The highest BCUT2D eigenvalue weighted by Crippen LogP contribution is 2.31. The van der Waals surface area contributed by atoms with Crippen LogP contribution in [0, 0.1) is 6.92 Å². The minimum atomic E-state index is -4.18. The molecule has 0 saturated heterocycles. The van der Waals surface area contributed by atoms with Crippen molar-refractivity contribution in [3.63, 3.8) is 0 Å². The van der Waals surface area contributed by atoms with Gasteiger partial charge in [0, 0.05) is 12.6 Å². The van der Waals surface area contributed by atoms with Crippen molar-refractivity contribution in [1.29, 1.82) is 0 Å². The zero-order chi connectivity index (χ0) is 28.7. The lowest BCUT2D eigenvalue weighted by Gasteiger charge is -2.32. The van der Waals surface area contributed by atoms with Crippen LogP contribution < -0.4 is 9.62 Å². The minimum absolute atomic E-state index is 0.0217. The van der Waals surface area contributed by atoms with E-state index in [1.807, 2.05) is 51.1 Å². The van der Waals surface area contributed by atoms with E-state index in [4.69, 9.17) is 23.2 Å². The van der Waals surface area contributed by atoms with E-state index >= 15 is 0 Å². The van der Waals surface area contributed by atoms with Gasteiger partial charge in [0.2, 0.25) is 11.8 Å². The van der Waals surface area contributed by atoms with E-state index < -0.39 is 28.5 Å². The molecule has 0 fully saturated rings. The molecule has 0 saturated carbocycles. The van der Waals surface area contributed by atoms with E-state index in [-0.39, 0.29) is 39.1 Å². The third kappa shape index (κ3) is 7.97. The van der Waals surface area contributed by atoms with Crippen molar-refractivity contribution >= 4 is 50.7 Å². The van der Waals surface area contributed by atoms with E-state index in [1.165, 1.54) is 35.2 Å². The molecule has 0 aliphatic heterocycles. The number of rotatable bonds is 11. The van der Waals surface area contributed by atoms with E-state index in [0.29, 0.717) is 6.42 Å². The molecule has 0 aliphatic carbocycles. The van der Waals surface area contributed by atoms with E-state index in [0.717, 1.165) is 15.4 Å². The largest absolute Gasteiger partial charge is 0.352 e. The van der Waals surface area contributed by atoms with Crippen LogP contribution in [0.5, 0.6) is 0 Å². The number of carbonyl (C=O) groups excluding carboxylic acids is 2. The van der Waals surface area contributed by atoms with Gasteiger partial charge in [0.25, 0.3) is 10.0 Å². The molecule has 39 heavy (non-hydrogen) atoms. The molecule has 1 N–H and O–H groups in total. The highest BCUT2D eigenvalue weighted by molar-refractivity contribution is 7.92. The Labute approximate surface area is 240 Å². The molecule has 0 unspecified atom stereocenters. The van der Waals surface area contributed by atoms with Crippen LogP contribution in [0.2, 0.25) is 10.0 Å². The second-order valence-electron chi connectivity index (χ2n) is 9.59. The Morgan fingerprint density at radius 3 is 2.13 bits per heavy atom. The molecule has 10 heteroatoms. The minimum Gasteiger partial charge on any atom is -0.352 e. The zero-order valence-corrected chi connectivity index (χ0v) is 24.7. The maximum absolute atomic E-state index is 13.8. The Bertz CT molecular complexity index is 1400. The summed E-state index contributed by atoms with van der Waals surface area (Å²) in [5.41, 5.74) is 2.06. The summed E-state index contributed by atoms with van der Waals surface area (Å²) in [4.78, 5) is 28.2. The van der Waals surface area contributed by atoms with Gasteiger partial charge in [-0.15, -0.1) is 0 Å². The number of halogens is 2. The van der Waals surface area contributed by atoms with Crippen LogP contribution in [0.4, 0.5) is 5.69 Å². The molecule has 2 amide bonds. The first-order chi connectivity index (χ1) is 18.4. The van der Waals surface area contributed by atoms with Crippen LogP contribution >= 0.6 is 23.2 Å². The SMILES string of the molecule is Cc1ccc(S(=O)(=O)N(CC(=O)N(CCc2ccccc2)[C@H](C)C(=O)NC(C)C)c2ccc(Cl)c(Cl)c2)cc1. The lowest BCUT2D eigenvalue weighted by molar-refractivity contribution is -0.139. The zero-order valence-electron chi connectivity index (χ0n) is 22.4. The number of carbonyl (C=O) groups is 2. The number of benzene rings is 3. The van der Waals surface area contributed by atoms with Crippen LogP contribution in [0.25, 0.3) is 0 Å². The molecule has 3 rings (SSSR count). The summed E-state index contributed by atoms with van der Waals surface area (Å²) < 4.78 is 28.7. The standard InChI is InChI=1S/C29H33Cl2N3O4S/c1-20(2)32-29(36)22(4)33(17-16-23-8-6-5-7-9-23)28(35)19-34(24-12-15-26(30)27(31)18-24)39(37,38)25-13-10-21(3)11-14-25/h5-15,18,20,22H,16-17,19H2,1-4H3,(H,32,36)/t22-/m1/s1. The average Bonchev–Trinajstić information content (AvgIpc) is 2.89. The van der Waals surface area contributed by atoms with Gasteiger partial charge >= 0.3 is 0 Å². The lowest BCUT2D eigenvalue weighted by Crippen LogP contribution is -2.53. The third-order valence-electron chi connectivity index (χ3n) is 6.16. The smallest absolute Gasteiger partial charge is 0.264 e. The summed E-state index contributed by atoms with van der Waals surface area (Å²) in [6.45, 7) is 6.84. The third-order valence-corrected chi connectivity index (χ3v) is 8.69. The fourth-order valence-corrected chi connectivity index (χ4v) is 5.68. The van der Waals surface area contributed by atoms with Crippen LogP contribution in [0.1, 0.15) is 31.9 Å². The van der Waals surface area contributed by atoms with Gasteiger partial charge in [0.15, 0.2) is 0 Å². The van der Waals surface area contributed by atoms with Crippen molar-refractivity contribution in [2.24, 2.45) is 0 Å². The van der Waals surface area contributed by atoms with Gasteiger partial charge in [0.05, 0.1) is 20.6 Å². The number of sulfonamides is 1. The first-order valence-corrected chi connectivity index (χ1v) is 14.8. The molecule has 208 valence electrons. The fourth-order valence-electron chi connectivity index (χ4n) is 3.98. The molecule has 0 bridgehead atoms. The maximum atomic E-state index is 13.8. The van der Waals surface area contributed by atoms with Crippen molar-refractivity contribution < 1.29 is 18.0 Å². The summed E-state index contributed by atoms with van der Waals surface area (Å²) >= 11 is 12.3. The molecular weight excluding hydrogens is 557 g/mol. The number of aryl methyl sites for hydroxylation is 1. The Balaban J connectivity index is 2.00. The summed E-state index contributed by atoms with van der Waals surface area (Å²) in [5, 5.41) is 3.24. The second kappa shape index (κ2) is 13.3. The van der Waals surface area contributed by atoms with E-state index in [1.54, 1.807) is 19.1 Å². The topological polar surface area (TPSA) is 86.8 Å². The van der Waals surface area contributed by atoms with Gasteiger partial charge < -0.3 is 10.2 Å². The normalized spacial score (nSPS) is 12.2. The maximum Gasteiger partial charge on any atom is 0.264 e. The Hall–Kier alpha value is -3.07. The van der Waals surface area contributed by atoms with Crippen LogP contribution in [-0.2, 0) is 26.0 Å². The molecule has 7 nitrogen and oxygen atoms in total. The molecule has 0 radical (unpaired) electrons. The van der Waals surface area contributed by atoms with Crippen molar-refractivity contribution in [3.8, 4) is 0 Å². The summed E-state index contributed by atoms with van der Waals surface area (Å²) in [6.07, 6.45) is 0.489. The monoisotopic (exact) mass is 589 g/mol. The molecule has 0 aromatic heterocycles. The summed E-state index contributed by atoms with van der Waals surface area (Å²) in [6, 6.07) is 19.4. The first kappa shape index (κ1) is 30.5. The molecule has 0 heterocycles. The molecule has 1 atom stereocenters. The quantitative estimate of drug-likeness (QED) is 0.321. The molecule has 3 aromatic rings. The molecule has 0 spiro atoms. The van der Waals surface area contributed by atoms with Crippen LogP contribution in [-0.4, -0.2) is 50.3 Å². The van der Waals surface area contributed by atoms with Crippen LogP contribution in [0.15, 0.2) is 77.7 Å². The summed E-state index contributed by atoms with van der Waals surface area (Å²) in [5.74, 6) is -0.854. The Morgan fingerprint density at radius 2 is 1.54 bits per heavy atom. The van der Waals surface area contributed by atoms with E-state index in [2.05, 4.69) is 5.32 Å². The van der Waals surface area contributed by atoms with Crippen molar-refractivity contribution in [2.45, 2.75) is 51.1 Å². The number of hydrogen-bond donors (Lipinski definition) is 1. The summed E-state index contributed by atoms with van der Waals surface area (Å²) in [7, 11) is -4.18. The van der Waals surface area contributed by atoms with E-state index in [9.17, 15) is 18.0 Å². The van der Waals surface area contributed by atoms with Gasteiger partial charge in [0.1, 0.15) is 12.6 Å². The highest BCUT2D eigenvalue weighted by Gasteiger charge is 2.32. The predicted molar refractivity (Wildman–Crippen MR) is 157 cm³/mol. The number of hydrogen-bond acceptors (Lipinski definition) is 4. The predicted octanol–water partition coefficient (Wildman–Crippen LogP) is 5.48.